The summed E-state index contributed by atoms with van der Waals surface area (Å²) in [6.45, 7) is 4.55. The Morgan fingerprint density at radius 3 is 3.00 bits per heavy atom. The first-order chi connectivity index (χ1) is 8.70. The molecule has 1 unspecified atom stereocenters. The molecule has 0 amide bonds. The SMILES string of the molecule is CCOc1ccc2c(c1)sc1nnc(C(C)N)n12. The van der Waals surface area contributed by atoms with Gasteiger partial charge in [0.05, 0.1) is 22.9 Å². The molecule has 0 fully saturated rings. The second kappa shape index (κ2) is 4.22. The Bertz CT molecular complexity index is 701. The molecule has 0 bridgehead atoms. The molecule has 2 heterocycles. The number of nitrogens with zero attached hydrogens (tertiary/aromatic N) is 3. The number of fused-ring (bicyclic) bond motifs is 3. The molecule has 18 heavy (non-hydrogen) atoms. The van der Waals surface area contributed by atoms with E-state index < -0.39 is 0 Å². The van der Waals surface area contributed by atoms with Crippen LogP contribution in [0, 0.1) is 0 Å². The van der Waals surface area contributed by atoms with Gasteiger partial charge in [-0.1, -0.05) is 11.3 Å². The van der Waals surface area contributed by atoms with Gasteiger partial charge in [-0.25, -0.2) is 0 Å². The largest absolute Gasteiger partial charge is 0.494 e. The molecule has 6 heteroatoms. The van der Waals surface area contributed by atoms with Gasteiger partial charge in [0.1, 0.15) is 5.75 Å². The molecular formula is C12H14N4OS. The molecule has 3 rings (SSSR count). The first kappa shape index (κ1) is 11.4. The quantitative estimate of drug-likeness (QED) is 0.787. The maximum Gasteiger partial charge on any atom is 0.217 e. The zero-order valence-electron chi connectivity index (χ0n) is 10.3. The van der Waals surface area contributed by atoms with Crippen LogP contribution in [0.3, 0.4) is 0 Å². The molecule has 0 radical (unpaired) electrons. The molecule has 3 aromatic rings. The lowest BCUT2D eigenvalue weighted by Crippen LogP contribution is -2.09. The van der Waals surface area contributed by atoms with Gasteiger partial charge in [-0.3, -0.25) is 4.40 Å². The van der Waals surface area contributed by atoms with Crippen LogP contribution in [0.4, 0.5) is 0 Å². The summed E-state index contributed by atoms with van der Waals surface area (Å²) in [6, 6.07) is 5.88. The monoisotopic (exact) mass is 262 g/mol. The van der Waals surface area contributed by atoms with Crippen molar-refractivity contribution in [3.05, 3.63) is 24.0 Å². The van der Waals surface area contributed by atoms with Crippen LogP contribution in [0.25, 0.3) is 15.2 Å². The molecule has 2 N–H and O–H groups in total. The number of hydrogen-bond acceptors (Lipinski definition) is 5. The van der Waals surface area contributed by atoms with Gasteiger partial charge in [0, 0.05) is 0 Å². The summed E-state index contributed by atoms with van der Waals surface area (Å²) in [6.07, 6.45) is 0. The van der Waals surface area contributed by atoms with Crippen molar-refractivity contribution in [2.24, 2.45) is 5.73 Å². The number of ether oxygens (including phenoxy) is 1. The predicted molar refractivity (Wildman–Crippen MR) is 72.1 cm³/mol. The fourth-order valence-electron chi connectivity index (χ4n) is 1.98. The summed E-state index contributed by atoms with van der Waals surface area (Å²) in [4.78, 5) is 0.867. The smallest absolute Gasteiger partial charge is 0.217 e. The Kier molecular flexibility index (Phi) is 2.68. The molecule has 1 atom stereocenters. The maximum atomic E-state index is 5.91. The lowest BCUT2D eigenvalue weighted by molar-refractivity contribution is 0.341. The van der Waals surface area contributed by atoms with Crippen LogP contribution < -0.4 is 10.5 Å². The number of rotatable bonds is 3. The van der Waals surface area contributed by atoms with E-state index in [1.165, 1.54) is 0 Å². The molecule has 94 valence electrons. The van der Waals surface area contributed by atoms with Crippen molar-refractivity contribution in [2.45, 2.75) is 19.9 Å². The number of nitrogens with two attached hydrogens (primary N) is 1. The molecule has 0 saturated heterocycles. The van der Waals surface area contributed by atoms with Crippen LogP contribution >= 0.6 is 11.3 Å². The van der Waals surface area contributed by atoms with Gasteiger partial charge in [0.25, 0.3) is 0 Å². The van der Waals surface area contributed by atoms with Gasteiger partial charge >= 0.3 is 0 Å². The van der Waals surface area contributed by atoms with Crippen molar-refractivity contribution >= 4 is 26.5 Å². The van der Waals surface area contributed by atoms with Crippen molar-refractivity contribution < 1.29 is 4.74 Å². The fourth-order valence-corrected chi connectivity index (χ4v) is 2.98. The van der Waals surface area contributed by atoms with E-state index in [0.29, 0.717) is 6.61 Å². The number of benzene rings is 1. The van der Waals surface area contributed by atoms with Crippen molar-refractivity contribution in [1.29, 1.82) is 0 Å². The highest BCUT2D eigenvalue weighted by atomic mass is 32.1. The third-order valence-corrected chi connectivity index (χ3v) is 3.74. The van der Waals surface area contributed by atoms with Gasteiger partial charge in [-0.05, 0) is 32.0 Å². The Labute approximate surface area is 108 Å². The van der Waals surface area contributed by atoms with Crippen molar-refractivity contribution in [3.8, 4) is 5.75 Å². The molecule has 0 aliphatic heterocycles. The minimum Gasteiger partial charge on any atom is -0.494 e. The summed E-state index contributed by atoms with van der Waals surface area (Å²) in [5.41, 5.74) is 6.99. The third-order valence-electron chi connectivity index (χ3n) is 2.75. The summed E-state index contributed by atoms with van der Waals surface area (Å²) in [5, 5.41) is 8.29. The predicted octanol–water partition coefficient (Wildman–Crippen LogP) is 2.36. The summed E-state index contributed by atoms with van der Waals surface area (Å²) in [7, 11) is 0. The van der Waals surface area contributed by atoms with Gasteiger partial charge in [-0.2, -0.15) is 0 Å². The molecule has 0 aliphatic carbocycles. The molecule has 0 saturated carbocycles. The van der Waals surface area contributed by atoms with E-state index in [4.69, 9.17) is 10.5 Å². The van der Waals surface area contributed by atoms with Gasteiger partial charge < -0.3 is 10.5 Å². The maximum absolute atomic E-state index is 5.91. The zero-order valence-corrected chi connectivity index (χ0v) is 11.1. The lowest BCUT2D eigenvalue weighted by atomic mass is 10.3. The number of aromatic nitrogens is 3. The van der Waals surface area contributed by atoms with E-state index in [0.717, 1.165) is 26.8 Å². The number of thiazole rings is 1. The first-order valence-electron chi connectivity index (χ1n) is 5.86. The normalized spacial score (nSPS) is 13.3. The average molecular weight is 262 g/mol. The highest BCUT2D eigenvalue weighted by molar-refractivity contribution is 7.23. The van der Waals surface area contributed by atoms with E-state index in [1.807, 2.05) is 36.4 Å². The zero-order chi connectivity index (χ0) is 12.7. The fraction of sp³-hybridized carbons (Fsp3) is 0.333. The summed E-state index contributed by atoms with van der Waals surface area (Å²) < 4.78 is 8.65. The van der Waals surface area contributed by atoms with Crippen molar-refractivity contribution in [1.82, 2.24) is 14.6 Å². The van der Waals surface area contributed by atoms with Gasteiger partial charge in [0.15, 0.2) is 5.82 Å². The standard InChI is InChI=1S/C12H14N4OS/c1-3-17-8-4-5-9-10(6-8)18-12-15-14-11(7(2)13)16(9)12/h4-7H,3,13H2,1-2H3. The van der Waals surface area contributed by atoms with Crippen molar-refractivity contribution in [2.75, 3.05) is 6.61 Å². The average Bonchev–Trinajstić information content (AvgIpc) is 2.86. The second-order valence-corrected chi connectivity index (χ2v) is 5.14. The highest BCUT2D eigenvalue weighted by Crippen LogP contribution is 2.30. The van der Waals surface area contributed by atoms with Crippen LogP contribution in [-0.4, -0.2) is 21.2 Å². The summed E-state index contributed by atoms with van der Waals surface area (Å²) >= 11 is 1.59. The van der Waals surface area contributed by atoms with Crippen LogP contribution in [-0.2, 0) is 0 Å². The van der Waals surface area contributed by atoms with Crippen LogP contribution in [0.5, 0.6) is 5.75 Å². The molecular weight excluding hydrogens is 248 g/mol. The van der Waals surface area contributed by atoms with Gasteiger partial charge in [-0.15, -0.1) is 10.2 Å². The minimum atomic E-state index is -0.135. The minimum absolute atomic E-state index is 0.135. The van der Waals surface area contributed by atoms with E-state index in [9.17, 15) is 0 Å². The number of hydrogen-bond donors (Lipinski definition) is 1. The Balaban J connectivity index is 2.25. The molecule has 1 aromatic carbocycles. The second-order valence-electron chi connectivity index (χ2n) is 4.13. The van der Waals surface area contributed by atoms with E-state index >= 15 is 0 Å². The molecule has 2 aromatic heterocycles. The highest BCUT2D eigenvalue weighted by Gasteiger charge is 2.15. The van der Waals surface area contributed by atoms with E-state index in [1.54, 1.807) is 11.3 Å². The van der Waals surface area contributed by atoms with Gasteiger partial charge in [0.2, 0.25) is 4.96 Å². The Morgan fingerprint density at radius 2 is 2.28 bits per heavy atom. The van der Waals surface area contributed by atoms with Crippen molar-refractivity contribution in [3.63, 3.8) is 0 Å². The molecule has 5 nitrogen and oxygen atoms in total. The summed E-state index contributed by atoms with van der Waals surface area (Å²) in [5.74, 6) is 1.67. The first-order valence-corrected chi connectivity index (χ1v) is 6.68. The van der Waals surface area contributed by atoms with E-state index in [2.05, 4.69) is 10.2 Å². The van der Waals surface area contributed by atoms with Crippen LogP contribution in [0.15, 0.2) is 18.2 Å². The van der Waals surface area contributed by atoms with E-state index in [-0.39, 0.29) is 6.04 Å². The van der Waals surface area contributed by atoms with Crippen LogP contribution in [0.1, 0.15) is 25.7 Å². The molecule has 0 aliphatic rings. The Hall–Kier alpha value is -1.66. The van der Waals surface area contributed by atoms with Crippen LogP contribution in [0.2, 0.25) is 0 Å². The molecule has 0 spiro atoms. The lowest BCUT2D eigenvalue weighted by Gasteiger charge is -2.04. The topological polar surface area (TPSA) is 65.4 Å². The Morgan fingerprint density at radius 1 is 1.44 bits per heavy atom. The third kappa shape index (κ3) is 1.65.